The van der Waals surface area contributed by atoms with E-state index in [1.54, 1.807) is 0 Å². The quantitative estimate of drug-likeness (QED) is 0.896. The lowest BCUT2D eigenvalue weighted by atomic mass is 9.94. The van der Waals surface area contributed by atoms with Crippen LogP contribution in [-0.4, -0.2) is 20.1 Å². The number of amides is 1. The maximum absolute atomic E-state index is 13.0. The monoisotopic (exact) mass is 355 g/mol. The van der Waals surface area contributed by atoms with Crippen molar-refractivity contribution in [3.05, 3.63) is 76.2 Å². The third-order valence-electron chi connectivity index (χ3n) is 4.37. The number of carbonyl (C=O) groups excluding carboxylic acids is 1. The van der Waals surface area contributed by atoms with Gasteiger partial charge in [-0.05, 0) is 30.4 Å². The molecular weight excluding hydrogens is 334 g/mol. The normalized spacial score (nSPS) is 14.1. The van der Waals surface area contributed by atoms with Gasteiger partial charge in [-0.3, -0.25) is 4.79 Å². The third kappa shape index (κ3) is 3.99. The van der Waals surface area contributed by atoms with E-state index in [1.165, 1.54) is 6.92 Å². The van der Waals surface area contributed by atoms with Crippen LogP contribution in [0.25, 0.3) is 5.70 Å². The first-order valence-electron chi connectivity index (χ1n) is 8.33. The summed E-state index contributed by atoms with van der Waals surface area (Å²) < 4.78 is 25.9. The molecule has 4 nitrogen and oxygen atoms in total. The molecule has 1 N–H and O–H groups in total. The second kappa shape index (κ2) is 7.23. The first-order chi connectivity index (χ1) is 12.0. The van der Waals surface area contributed by atoms with Crippen LogP contribution in [-0.2, 0) is 27.5 Å². The Hall–Kier alpha value is -2.40. The molecule has 0 saturated heterocycles. The lowest BCUT2D eigenvalue weighted by Crippen LogP contribution is -2.26. The van der Waals surface area contributed by atoms with E-state index in [-0.39, 0.29) is 11.7 Å². The maximum atomic E-state index is 13.0. The van der Waals surface area contributed by atoms with Gasteiger partial charge in [0.15, 0.2) is 9.84 Å². The van der Waals surface area contributed by atoms with Crippen LogP contribution in [0.2, 0.25) is 0 Å². The number of rotatable bonds is 5. The van der Waals surface area contributed by atoms with Gasteiger partial charge in [0, 0.05) is 12.5 Å². The number of nitrogens with one attached hydrogen (secondary N) is 1. The van der Waals surface area contributed by atoms with Gasteiger partial charge in [-0.25, -0.2) is 8.42 Å². The smallest absolute Gasteiger partial charge is 0.221 e. The molecule has 0 bridgehead atoms. The molecule has 0 spiro atoms. The Balaban J connectivity index is 1.96. The summed E-state index contributed by atoms with van der Waals surface area (Å²) in [6.07, 6.45) is 1.55. The highest BCUT2D eigenvalue weighted by molar-refractivity contribution is 7.95. The summed E-state index contributed by atoms with van der Waals surface area (Å²) in [6, 6.07) is 17.2. The molecule has 1 amide bonds. The molecule has 0 aliphatic heterocycles. The van der Waals surface area contributed by atoms with E-state index in [0.29, 0.717) is 29.9 Å². The largest absolute Gasteiger partial charge is 0.325 e. The zero-order valence-electron chi connectivity index (χ0n) is 14.2. The van der Waals surface area contributed by atoms with Crippen LogP contribution in [0.4, 0.5) is 0 Å². The fraction of sp³-hybridized carbons (Fsp3) is 0.250. The van der Waals surface area contributed by atoms with Gasteiger partial charge in [-0.2, -0.15) is 0 Å². The molecule has 2 aromatic carbocycles. The summed E-state index contributed by atoms with van der Waals surface area (Å²) in [6.45, 7) is 1.40. The Labute approximate surface area is 148 Å². The fourth-order valence-electron chi connectivity index (χ4n) is 3.15. The van der Waals surface area contributed by atoms with E-state index in [9.17, 15) is 13.2 Å². The number of benzene rings is 2. The van der Waals surface area contributed by atoms with E-state index in [4.69, 9.17) is 0 Å². The predicted octanol–water partition coefficient (Wildman–Crippen LogP) is 3.10. The van der Waals surface area contributed by atoms with E-state index >= 15 is 0 Å². The number of hydrogen-bond acceptors (Lipinski definition) is 3. The van der Waals surface area contributed by atoms with Crippen molar-refractivity contribution in [3.8, 4) is 0 Å². The average molecular weight is 355 g/mol. The van der Waals surface area contributed by atoms with E-state index in [2.05, 4.69) is 5.32 Å². The van der Waals surface area contributed by atoms with Gasteiger partial charge in [0.05, 0.1) is 16.4 Å². The molecule has 2 aromatic rings. The first kappa shape index (κ1) is 17.4. The molecule has 0 fully saturated rings. The Morgan fingerprint density at radius 3 is 2.40 bits per heavy atom. The van der Waals surface area contributed by atoms with Gasteiger partial charge in [-0.1, -0.05) is 54.6 Å². The van der Waals surface area contributed by atoms with Gasteiger partial charge >= 0.3 is 0 Å². The van der Waals surface area contributed by atoms with E-state index in [1.807, 2.05) is 54.6 Å². The second-order valence-corrected chi connectivity index (χ2v) is 8.32. The second-order valence-electron chi connectivity index (χ2n) is 6.19. The summed E-state index contributed by atoms with van der Waals surface area (Å²) in [7, 11) is -3.45. The number of allylic oxidation sites excluding steroid dienone is 1. The van der Waals surface area contributed by atoms with Crippen LogP contribution in [0.3, 0.4) is 0 Å². The zero-order valence-corrected chi connectivity index (χ0v) is 15.0. The summed E-state index contributed by atoms with van der Waals surface area (Å²) in [4.78, 5) is 12.0. The van der Waals surface area contributed by atoms with Crippen molar-refractivity contribution in [2.45, 2.75) is 26.2 Å². The topological polar surface area (TPSA) is 63.2 Å². The minimum Gasteiger partial charge on any atom is -0.325 e. The lowest BCUT2D eigenvalue weighted by molar-refractivity contribution is -0.117. The van der Waals surface area contributed by atoms with Gasteiger partial charge < -0.3 is 5.32 Å². The summed E-state index contributed by atoms with van der Waals surface area (Å²) >= 11 is 0. The Kier molecular flexibility index (Phi) is 5.04. The Morgan fingerprint density at radius 2 is 1.68 bits per heavy atom. The van der Waals surface area contributed by atoms with Crippen LogP contribution in [0, 0.1) is 0 Å². The number of hydrogen-bond donors (Lipinski definition) is 1. The van der Waals surface area contributed by atoms with Gasteiger partial charge in [0.1, 0.15) is 0 Å². The Bertz CT molecular complexity index is 915. The summed E-state index contributed by atoms with van der Waals surface area (Å²) in [5.74, 6) is -0.222. The molecular formula is C20H21NO3S. The maximum Gasteiger partial charge on any atom is 0.221 e. The van der Waals surface area contributed by atoms with E-state index < -0.39 is 9.84 Å². The minimum atomic E-state index is -3.45. The van der Waals surface area contributed by atoms with Crippen molar-refractivity contribution >= 4 is 21.4 Å². The molecule has 0 radical (unpaired) electrons. The van der Waals surface area contributed by atoms with E-state index in [0.717, 1.165) is 16.7 Å². The molecule has 0 heterocycles. The average Bonchev–Trinajstić information content (AvgIpc) is 2.61. The van der Waals surface area contributed by atoms with Crippen LogP contribution in [0.1, 0.15) is 30.0 Å². The molecule has 3 rings (SSSR count). The Morgan fingerprint density at radius 1 is 1.00 bits per heavy atom. The summed E-state index contributed by atoms with van der Waals surface area (Å²) in [5.41, 5.74) is 3.31. The number of fused-ring (bicyclic) bond motifs is 1. The number of sulfone groups is 1. The number of carbonyl (C=O) groups is 1. The first-order valence-corrected chi connectivity index (χ1v) is 9.98. The molecule has 5 heteroatoms. The number of aryl methyl sites for hydroxylation is 2. The predicted molar refractivity (Wildman–Crippen MR) is 99.4 cm³/mol. The van der Waals surface area contributed by atoms with Crippen LogP contribution >= 0.6 is 0 Å². The van der Waals surface area contributed by atoms with Crippen LogP contribution in [0.15, 0.2) is 59.5 Å². The molecule has 0 saturated carbocycles. The molecule has 25 heavy (non-hydrogen) atoms. The third-order valence-corrected chi connectivity index (χ3v) is 6.27. The molecule has 0 unspecified atom stereocenters. The SMILES string of the molecule is CC(=O)NC1=C(S(=O)(=O)CCc2ccccc2)CCc2ccccc21. The van der Waals surface area contributed by atoms with Crippen molar-refractivity contribution in [3.63, 3.8) is 0 Å². The standard InChI is InChI=1S/C20H21NO3S/c1-15(22)21-20-18-10-6-5-9-17(18)11-12-19(20)25(23,24)14-13-16-7-3-2-4-8-16/h2-10H,11-14H2,1H3,(H,21,22). The highest BCUT2D eigenvalue weighted by Crippen LogP contribution is 2.33. The van der Waals surface area contributed by atoms with Crippen LogP contribution < -0.4 is 5.32 Å². The van der Waals surface area contributed by atoms with Gasteiger partial charge in [0.2, 0.25) is 5.91 Å². The van der Waals surface area contributed by atoms with Crippen molar-refractivity contribution in [1.82, 2.24) is 5.32 Å². The van der Waals surface area contributed by atoms with Crippen molar-refractivity contribution in [2.24, 2.45) is 0 Å². The summed E-state index contributed by atoms with van der Waals surface area (Å²) in [5, 5.41) is 2.75. The zero-order chi connectivity index (χ0) is 17.9. The van der Waals surface area contributed by atoms with Crippen LogP contribution in [0.5, 0.6) is 0 Å². The van der Waals surface area contributed by atoms with Crippen molar-refractivity contribution < 1.29 is 13.2 Å². The molecule has 0 atom stereocenters. The highest BCUT2D eigenvalue weighted by Gasteiger charge is 2.28. The fourth-order valence-corrected chi connectivity index (χ4v) is 4.79. The van der Waals surface area contributed by atoms with Gasteiger partial charge in [0.25, 0.3) is 0 Å². The molecule has 0 aromatic heterocycles. The van der Waals surface area contributed by atoms with Gasteiger partial charge in [-0.15, -0.1) is 0 Å². The minimum absolute atomic E-state index is 0.0393. The highest BCUT2D eigenvalue weighted by atomic mass is 32.2. The molecule has 130 valence electrons. The van der Waals surface area contributed by atoms with Crippen molar-refractivity contribution in [1.29, 1.82) is 0 Å². The molecule has 1 aliphatic rings. The molecule has 1 aliphatic carbocycles. The van der Waals surface area contributed by atoms with Crippen molar-refractivity contribution in [2.75, 3.05) is 5.75 Å². The lowest BCUT2D eigenvalue weighted by Gasteiger charge is -2.23.